The molecule has 5 heteroatoms. The minimum absolute atomic E-state index is 0.103. The van der Waals surface area contributed by atoms with Crippen LogP contribution in [0, 0.1) is 0 Å². The van der Waals surface area contributed by atoms with E-state index in [1.54, 1.807) is 12.1 Å². The minimum atomic E-state index is -0.315. The molecular weight excluding hydrogens is 388 g/mol. The highest BCUT2D eigenvalue weighted by molar-refractivity contribution is 6.00. The summed E-state index contributed by atoms with van der Waals surface area (Å²) in [5.41, 5.74) is 2.12. The normalized spacial score (nSPS) is 10.9. The molecule has 1 N–H and O–H groups in total. The number of ether oxygens (including phenoxy) is 1. The molecular formula is C26H30N2O3. The molecule has 0 saturated carbocycles. The Kier molecular flexibility index (Phi) is 8.19. The fraction of sp³-hybridized carbons (Fsp3) is 0.308. The lowest BCUT2D eigenvalue weighted by Gasteiger charge is -2.17. The Bertz CT molecular complexity index is 1010. The van der Waals surface area contributed by atoms with E-state index in [1.165, 1.54) is 0 Å². The van der Waals surface area contributed by atoms with E-state index in [1.807, 2.05) is 54.6 Å². The number of benzene rings is 3. The Hall–Kier alpha value is -3.18. The van der Waals surface area contributed by atoms with Gasteiger partial charge in [0.25, 0.3) is 0 Å². The summed E-state index contributed by atoms with van der Waals surface area (Å²) in [7, 11) is 0. The molecule has 0 aliphatic rings. The van der Waals surface area contributed by atoms with Gasteiger partial charge in [0.1, 0.15) is 6.61 Å². The number of fused-ring (bicyclic) bond motifs is 1. The maximum atomic E-state index is 12.5. The van der Waals surface area contributed by atoms with Crippen LogP contribution in [0.25, 0.3) is 10.8 Å². The third-order valence-electron chi connectivity index (χ3n) is 5.41. The van der Waals surface area contributed by atoms with Gasteiger partial charge in [0.05, 0.1) is 5.56 Å². The van der Waals surface area contributed by atoms with Crippen LogP contribution < -0.4 is 5.32 Å². The lowest BCUT2D eigenvalue weighted by molar-refractivity contribution is 0.0466. The van der Waals surface area contributed by atoms with E-state index in [0.717, 1.165) is 41.7 Å². The lowest BCUT2D eigenvalue weighted by atomic mass is 10.0. The summed E-state index contributed by atoms with van der Waals surface area (Å²) in [6.07, 6.45) is 0.396. The summed E-state index contributed by atoms with van der Waals surface area (Å²) >= 11 is 0. The number of rotatable bonds is 11. The van der Waals surface area contributed by atoms with Crippen LogP contribution >= 0.6 is 0 Å². The summed E-state index contributed by atoms with van der Waals surface area (Å²) in [5.74, 6) is -0.211. The number of hydrogen-bond acceptors (Lipinski definition) is 5. The number of ketones is 1. The second-order valence-electron chi connectivity index (χ2n) is 7.40. The van der Waals surface area contributed by atoms with Crippen molar-refractivity contribution in [2.75, 3.05) is 38.1 Å². The van der Waals surface area contributed by atoms with Gasteiger partial charge in [-0.2, -0.15) is 0 Å². The first kappa shape index (κ1) is 22.5. The van der Waals surface area contributed by atoms with Gasteiger partial charge in [-0.05, 0) is 54.2 Å². The van der Waals surface area contributed by atoms with Gasteiger partial charge in [0.2, 0.25) is 0 Å². The highest BCUT2D eigenvalue weighted by Crippen LogP contribution is 2.17. The zero-order valence-corrected chi connectivity index (χ0v) is 18.3. The largest absolute Gasteiger partial charge is 0.461 e. The zero-order valence-electron chi connectivity index (χ0n) is 18.3. The van der Waals surface area contributed by atoms with E-state index >= 15 is 0 Å². The quantitative estimate of drug-likeness (QED) is 0.350. The molecule has 5 nitrogen and oxygen atoms in total. The molecule has 0 unspecified atom stereocenters. The maximum Gasteiger partial charge on any atom is 0.338 e. The molecule has 3 aromatic carbocycles. The molecule has 31 heavy (non-hydrogen) atoms. The minimum Gasteiger partial charge on any atom is -0.461 e. The number of anilines is 1. The van der Waals surface area contributed by atoms with Crippen LogP contribution in [-0.4, -0.2) is 49.4 Å². The van der Waals surface area contributed by atoms with Crippen molar-refractivity contribution in [1.29, 1.82) is 0 Å². The Morgan fingerprint density at radius 2 is 1.55 bits per heavy atom. The van der Waals surface area contributed by atoms with Gasteiger partial charge >= 0.3 is 5.97 Å². The lowest BCUT2D eigenvalue weighted by Crippen LogP contribution is -2.27. The average Bonchev–Trinajstić information content (AvgIpc) is 2.81. The topological polar surface area (TPSA) is 58.6 Å². The molecule has 3 rings (SSSR count). The number of carbonyl (C=O) groups excluding carboxylic acids is 2. The molecule has 0 aliphatic carbocycles. The predicted molar refractivity (Wildman–Crippen MR) is 126 cm³/mol. The standard InChI is InChI=1S/C26H30N2O3/c1-3-28(4-2)17-18-31-26(30)21-11-13-24(14-12-21)27-16-15-25(29)23-10-9-20-7-5-6-8-22(20)19-23/h5-14,19,27H,3-4,15-18H2,1-2H3. The van der Waals surface area contributed by atoms with Gasteiger partial charge in [-0.3, -0.25) is 4.79 Å². The Balaban J connectivity index is 1.45. The number of likely N-dealkylation sites (N-methyl/N-ethyl adjacent to an activating group) is 1. The number of carbonyl (C=O) groups is 2. The average molecular weight is 419 g/mol. The van der Waals surface area contributed by atoms with E-state index in [0.29, 0.717) is 25.1 Å². The van der Waals surface area contributed by atoms with E-state index in [2.05, 4.69) is 24.1 Å². The van der Waals surface area contributed by atoms with E-state index in [9.17, 15) is 9.59 Å². The molecule has 0 heterocycles. The third-order valence-corrected chi connectivity index (χ3v) is 5.41. The number of hydrogen-bond donors (Lipinski definition) is 1. The van der Waals surface area contributed by atoms with Crippen molar-refractivity contribution in [3.63, 3.8) is 0 Å². The van der Waals surface area contributed by atoms with Gasteiger partial charge in [-0.25, -0.2) is 4.79 Å². The van der Waals surface area contributed by atoms with Crippen LogP contribution in [0.4, 0.5) is 5.69 Å². The van der Waals surface area contributed by atoms with Crippen LogP contribution in [0.1, 0.15) is 41.0 Å². The monoisotopic (exact) mass is 418 g/mol. The molecule has 0 spiro atoms. The van der Waals surface area contributed by atoms with Crippen molar-refractivity contribution in [2.24, 2.45) is 0 Å². The molecule has 0 aliphatic heterocycles. The van der Waals surface area contributed by atoms with Gasteiger partial charge in [-0.15, -0.1) is 0 Å². The smallest absolute Gasteiger partial charge is 0.338 e. The van der Waals surface area contributed by atoms with Crippen LogP contribution in [-0.2, 0) is 4.74 Å². The molecule has 0 saturated heterocycles. The molecule has 0 aromatic heterocycles. The molecule has 3 aromatic rings. The Morgan fingerprint density at radius 3 is 2.26 bits per heavy atom. The van der Waals surface area contributed by atoms with Crippen LogP contribution in [0.15, 0.2) is 66.7 Å². The van der Waals surface area contributed by atoms with Crippen molar-refractivity contribution in [2.45, 2.75) is 20.3 Å². The first-order valence-electron chi connectivity index (χ1n) is 10.9. The van der Waals surface area contributed by atoms with E-state index in [4.69, 9.17) is 4.74 Å². The van der Waals surface area contributed by atoms with Gasteiger partial charge in [0.15, 0.2) is 5.78 Å². The van der Waals surface area contributed by atoms with Crippen molar-refractivity contribution in [3.05, 3.63) is 77.9 Å². The highest BCUT2D eigenvalue weighted by Gasteiger charge is 2.09. The number of nitrogens with one attached hydrogen (secondary N) is 1. The van der Waals surface area contributed by atoms with Crippen molar-refractivity contribution in [1.82, 2.24) is 4.90 Å². The molecule has 0 bridgehead atoms. The Morgan fingerprint density at radius 1 is 0.871 bits per heavy atom. The molecule has 0 radical (unpaired) electrons. The van der Waals surface area contributed by atoms with Crippen molar-refractivity contribution >= 4 is 28.2 Å². The SMILES string of the molecule is CCN(CC)CCOC(=O)c1ccc(NCCC(=O)c2ccc3ccccc3c2)cc1. The fourth-order valence-electron chi connectivity index (χ4n) is 3.44. The summed E-state index contributed by atoms with van der Waals surface area (Å²) < 4.78 is 5.35. The summed E-state index contributed by atoms with van der Waals surface area (Å²) in [4.78, 5) is 26.9. The molecule has 162 valence electrons. The van der Waals surface area contributed by atoms with Crippen LogP contribution in [0.3, 0.4) is 0 Å². The van der Waals surface area contributed by atoms with Crippen molar-refractivity contribution < 1.29 is 14.3 Å². The van der Waals surface area contributed by atoms with Crippen molar-refractivity contribution in [3.8, 4) is 0 Å². The van der Waals surface area contributed by atoms with Gasteiger partial charge in [-0.1, -0.05) is 50.2 Å². The molecule has 0 amide bonds. The third kappa shape index (κ3) is 6.40. The van der Waals surface area contributed by atoms with E-state index in [-0.39, 0.29) is 11.8 Å². The highest BCUT2D eigenvalue weighted by atomic mass is 16.5. The predicted octanol–water partition coefficient (Wildman–Crippen LogP) is 5.02. The molecule has 0 atom stereocenters. The molecule has 0 fully saturated rings. The number of esters is 1. The first-order valence-corrected chi connectivity index (χ1v) is 10.9. The van der Waals surface area contributed by atoms with E-state index < -0.39 is 0 Å². The second kappa shape index (κ2) is 11.3. The second-order valence-corrected chi connectivity index (χ2v) is 7.40. The van der Waals surface area contributed by atoms with Gasteiger partial charge < -0.3 is 15.0 Å². The number of Topliss-reactive ketones (excluding diaryl/α,β-unsaturated/α-hetero) is 1. The maximum absolute atomic E-state index is 12.5. The summed E-state index contributed by atoms with van der Waals surface area (Å²) in [6, 6.07) is 21.0. The zero-order chi connectivity index (χ0) is 22.1. The Labute approximate surface area is 184 Å². The summed E-state index contributed by atoms with van der Waals surface area (Å²) in [5, 5.41) is 5.44. The van der Waals surface area contributed by atoms with Crippen LogP contribution in [0.2, 0.25) is 0 Å². The fourth-order valence-corrected chi connectivity index (χ4v) is 3.44. The first-order chi connectivity index (χ1) is 15.1. The summed E-state index contributed by atoms with van der Waals surface area (Å²) in [6.45, 7) is 7.72. The van der Waals surface area contributed by atoms with Crippen LogP contribution in [0.5, 0.6) is 0 Å². The van der Waals surface area contributed by atoms with Gasteiger partial charge in [0, 0.05) is 30.8 Å². The number of nitrogens with zero attached hydrogens (tertiary/aromatic N) is 1.